The van der Waals surface area contributed by atoms with Gasteiger partial charge < -0.3 is 4.74 Å². The van der Waals surface area contributed by atoms with Gasteiger partial charge in [0.15, 0.2) is 0 Å². The second-order valence-electron chi connectivity index (χ2n) is 5.80. The minimum atomic E-state index is -0.739. The van der Waals surface area contributed by atoms with Gasteiger partial charge in [-0.15, -0.1) is 0 Å². The summed E-state index contributed by atoms with van der Waals surface area (Å²) in [6.45, 7) is 0. The maximum absolute atomic E-state index is 13.6. The number of fused-ring (bicyclic) bond motifs is 1. The number of hydrogen-bond acceptors (Lipinski definition) is 6. The summed E-state index contributed by atoms with van der Waals surface area (Å²) >= 11 is 1.52. The highest BCUT2D eigenvalue weighted by molar-refractivity contribution is 7.22. The highest BCUT2D eigenvalue weighted by Crippen LogP contribution is 2.25. The monoisotopic (exact) mass is 391 g/mol. The van der Waals surface area contributed by atoms with Crippen LogP contribution in [0, 0.1) is 5.82 Å². The van der Waals surface area contributed by atoms with E-state index >= 15 is 0 Å². The third kappa shape index (κ3) is 4.05. The number of rotatable bonds is 5. The molecule has 1 N–H and O–H groups in total. The average molecular weight is 391 g/mol. The number of nitrogens with one attached hydrogen (secondary N) is 1. The molecule has 0 atom stereocenters. The van der Waals surface area contributed by atoms with Gasteiger partial charge in [-0.25, -0.2) is 14.2 Å². The van der Waals surface area contributed by atoms with Crippen LogP contribution < -0.4 is 10.2 Å². The summed E-state index contributed by atoms with van der Waals surface area (Å²) < 4.78 is 19.9. The topological polar surface area (TPSA) is 63.6 Å². The van der Waals surface area contributed by atoms with E-state index in [0.29, 0.717) is 10.9 Å². The molecule has 1 heterocycles. The van der Waals surface area contributed by atoms with E-state index in [4.69, 9.17) is 4.74 Å². The Bertz CT molecular complexity index is 1120. The van der Waals surface area contributed by atoms with Crippen LogP contribution in [0.1, 0.15) is 15.9 Å². The molecule has 0 fully saturated rings. The predicted molar refractivity (Wildman–Crippen MR) is 109 cm³/mol. The summed E-state index contributed by atoms with van der Waals surface area (Å²) in [6, 6.07) is 20.3. The van der Waals surface area contributed by atoms with E-state index in [9.17, 15) is 9.18 Å². The normalized spacial score (nSPS) is 11.0. The van der Waals surface area contributed by atoms with Crippen molar-refractivity contribution in [1.29, 1.82) is 0 Å². The zero-order valence-electron chi connectivity index (χ0n) is 14.5. The first kappa shape index (κ1) is 17.8. The van der Waals surface area contributed by atoms with Crippen molar-refractivity contribution >= 4 is 38.9 Å². The first-order valence-electron chi connectivity index (χ1n) is 8.40. The Kier molecular flexibility index (Phi) is 5.07. The fraction of sp³-hybridized carbons (Fsp3) is 0. The standard InChI is InChI=1S/C21H14FN3O2S/c22-17-6-2-1-5-16(17)20(26)27-15-11-9-14(10-12-15)13-23-25-21-24-18-7-3-4-8-19(18)28-21/h1-13H,(H,24,25)/b23-13-. The van der Waals surface area contributed by atoms with E-state index in [2.05, 4.69) is 15.5 Å². The molecule has 0 aliphatic heterocycles. The van der Waals surface area contributed by atoms with Gasteiger partial charge in [0.25, 0.3) is 0 Å². The number of esters is 1. The molecule has 5 nitrogen and oxygen atoms in total. The van der Waals surface area contributed by atoms with Gasteiger partial charge in [-0.2, -0.15) is 5.10 Å². The third-order valence-electron chi connectivity index (χ3n) is 3.85. The minimum Gasteiger partial charge on any atom is -0.423 e. The van der Waals surface area contributed by atoms with E-state index in [1.807, 2.05) is 24.3 Å². The highest BCUT2D eigenvalue weighted by Gasteiger charge is 2.13. The molecule has 7 heteroatoms. The summed E-state index contributed by atoms with van der Waals surface area (Å²) in [7, 11) is 0. The zero-order valence-corrected chi connectivity index (χ0v) is 15.3. The third-order valence-corrected chi connectivity index (χ3v) is 4.79. The molecule has 0 spiro atoms. The van der Waals surface area contributed by atoms with Crippen LogP contribution in [0.2, 0.25) is 0 Å². The lowest BCUT2D eigenvalue weighted by atomic mass is 10.2. The Hall–Kier alpha value is -3.58. The molecule has 4 rings (SSSR count). The van der Waals surface area contributed by atoms with Crippen molar-refractivity contribution in [2.45, 2.75) is 0 Å². The largest absolute Gasteiger partial charge is 0.423 e. The van der Waals surface area contributed by atoms with Crippen LogP contribution in [0.4, 0.5) is 9.52 Å². The molecule has 0 aliphatic rings. The Morgan fingerprint density at radius 1 is 1.04 bits per heavy atom. The smallest absolute Gasteiger partial charge is 0.346 e. The van der Waals surface area contributed by atoms with E-state index < -0.39 is 11.8 Å². The molecule has 0 aliphatic carbocycles. The van der Waals surface area contributed by atoms with Crippen molar-refractivity contribution in [1.82, 2.24) is 4.98 Å². The SMILES string of the molecule is O=C(Oc1ccc(/C=N\Nc2nc3ccccc3s2)cc1)c1ccccc1F. The molecule has 0 bridgehead atoms. The molecule has 4 aromatic rings. The van der Waals surface area contributed by atoms with Gasteiger partial charge in [0.1, 0.15) is 11.6 Å². The maximum Gasteiger partial charge on any atom is 0.346 e. The molecule has 1 aromatic heterocycles. The number of nitrogens with zero attached hydrogens (tertiary/aromatic N) is 2. The lowest BCUT2D eigenvalue weighted by molar-refractivity contribution is 0.0730. The molecule has 0 unspecified atom stereocenters. The van der Waals surface area contributed by atoms with Crippen LogP contribution in [0.3, 0.4) is 0 Å². The van der Waals surface area contributed by atoms with Crippen LogP contribution in [-0.2, 0) is 0 Å². The fourth-order valence-corrected chi connectivity index (χ4v) is 3.31. The quantitative estimate of drug-likeness (QED) is 0.222. The summed E-state index contributed by atoms with van der Waals surface area (Å²) in [5.74, 6) is -1.03. The van der Waals surface area contributed by atoms with Crippen molar-refractivity contribution in [3.8, 4) is 5.75 Å². The molecule has 0 amide bonds. The number of para-hydroxylation sites is 1. The number of anilines is 1. The number of benzene rings is 3. The van der Waals surface area contributed by atoms with Crippen LogP contribution in [0.5, 0.6) is 5.75 Å². The number of hydrogen-bond donors (Lipinski definition) is 1. The number of aromatic nitrogens is 1. The molecule has 0 saturated heterocycles. The van der Waals surface area contributed by atoms with Gasteiger partial charge in [-0.3, -0.25) is 5.43 Å². The number of thiazole rings is 1. The van der Waals surface area contributed by atoms with Gasteiger partial charge in [-0.05, 0) is 54.1 Å². The highest BCUT2D eigenvalue weighted by atomic mass is 32.1. The molecular formula is C21H14FN3O2S. The maximum atomic E-state index is 13.6. The first-order chi connectivity index (χ1) is 13.7. The van der Waals surface area contributed by atoms with Gasteiger partial charge in [0.05, 0.1) is 22.0 Å². The number of carbonyl (C=O) groups is 1. The van der Waals surface area contributed by atoms with Crippen molar-refractivity contribution in [2.24, 2.45) is 5.10 Å². The molecule has 3 aromatic carbocycles. The summed E-state index contributed by atoms with van der Waals surface area (Å²) in [5.41, 5.74) is 4.53. The van der Waals surface area contributed by atoms with Crippen molar-refractivity contribution in [3.05, 3.63) is 89.7 Å². The van der Waals surface area contributed by atoms with E-state index in [1.54, 1.807) is 36.5 Å². The molecule has 0 saturated carbocycles. The number of hydrazone groups is 1. The number of ether oxygens (including phenoxy) is 1. The Morgan fingerprint density at radius 3 is 2.57 bits per heavy atom. The van der Waals surface area contributed by atoms with Gasteiger partial charge >= 0.3 is 5.97 Å². The summed E-state index contributed by atoms with van der Waals surface area (Å²) in [6.07, 6.45) is 1.63. The zero-order chi connectivity index (χ0) is 19.3. The summed E-state index contributed by atoms with van der Waals surface area (Å²) in [5, 5.41) is 4.87. The Morgan fingerprint density at radius 2 is 1.79 bits per heavy atom. The number of carbonyl (C=O) groups excluding carboxylic acids is 1. The van der Waals surface area contributed by atoms with Gasteiger partial charge in [0.2, 0.25) is 5.13 Å². The van der Waals surface area contributed by atoms with Gasteiger partial charge in [0, 0.05) is 0 Å². The minimum absolute atomic E-state index is 0.104. The van der Waals surface area contributed by atoms with Crippen LogP contribution in [0.25, 0.3) is 10.2 Å². The lowest BCUT2D eigenvalue weighted by Gasteiger charge is -2.05. The van der Waals surface area contributed by atoms with E-state index in [0.717, 1.165) is 15.8 Å². The molecule has 28 heavy (non-hydrogen) atoms. The van der Waals surface area contributed by atoms with Crippen molar-refractivity contribution in [2.75, 3.05) is 5.43 Å². The second-order valence-corrected chi connectivity index (χ2v) is 6.83. The van der Waals surface area contributed by atoms with E-state index in [1.165, 1.54) is 29.5 Å². The Labute approximate surface area is 164 Å². The second kappa shape index (κ2) is 7.98. The van der Waals surface area contributed by atoms with Crippen molar-refractivity contribution in [3.63, 3.8) is 0 Å². The van der Waals surface area contributed by atoms with E-state index in [-0.39, 0.29) is 5.56 Å². The number of halogens is 1. The molecule has 0 radical (unpaired) electrons. The fourth-order valence-electron chi connectivity index (χ4n) is 2.49. The predicted octanol–water partition coefficient (Wildman–Crippen LogP) is 5.10. The van der Waals surface area contributed by atoms with Crippen molar-refractivity contribution < 1.29 is 13.9 Å². The van der Waals surface area contributed by atoms with Crippen LogP contribution in [0.15, 0.2) is 77.9 Å². The molecular weight excluding hydrogens is 377 g/mol. The Balaban J connectivity index is 1.38. The average Bonchev–Trinajstić information content (AvgIpc) is 3.12. The van der Waals surface area contributed by atoms with Gasteiger partial charge in [-0.1, -0.05) is 35.6 Å². The lowest BCUT2D eigenvalue weighted by Crippen LogP contribution is -2.10. The van der Waals surface area contributed by atoms with Crippen LogP contribution in [-0.4, -0.2) is 17.2 Å². The van der Waals surface area contributed by atoms with Crippen LogP contribution >= 0.6 is 11.3 Å². The first-order valence-corrected chi connectivity index (χ1v) is 9.22. The molecule has 138 valence electrons. The summed E-state index contributed by atoms with van der Waals surface area (Å²) in [4.78, 5) is 16.5.